The molecule has 0 radical (unpaired) electrons. The van der Waals surface area contributed by atoms with Crippen LogP contribution in [-0.4, -0.2) is 42.7 Å². The zero-order chi connectivity index (χ0) is 25.8. The highest BCUT2D eigenvalue weighted by Crippen LogP contribution is 2.29. The van der Waals surface area contributed by atoms with Gasteiger partial charge >= 0.3 is 0 Å². The normalized spacial score (nSPS) is 17.8. The summed E-state index contributed by atoms with van der Waals surface area (Å²) in [5.41, 5.74) is 3.47. The van der Waals surface area contributed by atoms with Gasteiger partial charge in [0.2, 0.25) is 5.95 Å². The van der Waals surface area contributed by atoms with Crippen molar-refractivity contribution >= 4 is 45.9 Å². The summed E-state index contributed by atoms with van der Waals surface area (Å²) in [4.78, 5) is 11.7. The van der Waals surface area contributed by atoms with Crippen molar-refractivity contribution in [2.24, 2.45) is 0 Å². The van der Waals surface area contributed by atoms with Gasteiger partial charge in [0.05, 0.1) is 5.52 Å². The minimum Gasteiger partial charge on any atom is -0.362 e. The van der Waals surface area contributed by atoms with Crippen molar-refractivity contribution in [2.45, 2.75) is 43.7 Å². The molecule has 2 N–H and O–H groups in total. The molecule has 7 heteroatoms. The Balaban J connectivity index is 1.21. The van der Waals surface area contributed by atoms with Crippen molar-refractivity contribution in [3.63, 3.8) is 0 Å². The first-order valence-electron chi connectivity index (χ1n) is 12.9. The number of fused-ring (bicyclic) bond motifs is 1. The fraction of sp³-hybridized carbons (Fsp3) is 0.333. The summed E-state index contributed by atoms with van der Waals surface area (Å²) < 4.78 is 0. The van der Waals surface area contributed by atoms with Gasteiger partial charge in [0, 0.05) is 54.1 Å². The quantitative estimate of drug-likeness (QED) is 0.252. The third kappa shape index (κ3) is 6.35. The minimum atomic E-state index is 0.237. The third-order valence-corrected chi connectivity index (χ3v) is 7.73. The first kappa shape index (κ1) is 25.8. The first-order valence-corrected chi connectivity index (χ1v) is 13.7. The molecule has 1 aromatic heterocycles. The molecule has 5 rings (SSSR count). The van der Waals surface area contributed by atoms with Crippen LogP contribution in [0.3, 0.4) is 0 Å². The molecule has 1 heterocycles. The monoisotopic (exact) mass is 533 g/mol. The highest BCUT2D eigenvalue weighted by Gasteiger charge is 2.24. The molecule has 0 amide bonds. The van der Waals surface area contributed by atoms with E-state index in [0.717, 1.165) is 59.0 Å². The maximum absolute atomic E-state index is 6.16. The van der Waals surface area contributed by atoms with E-state index in [-0.39, 0.29) is 5.92 Å². The Labute approximate surface area is 229 Å². The number of nitrogens with zero attached hydrogens (tertiary/aromatic N) is 3. The zero-order valence-corrected chi connectivity index (χ0v) is 22.8. The standard InChI is InChI=1S/C30H33Cl2N5/c1-37(2)29-26-5-3-4-6-28(26)35-30(36-29)34-25-17-15-24(16-18-25)33-19-27(20-7-11-22(31)12-8-20)21-9-13-23(32)14-10-21/h3-14,24-25,27,33H,15-19H2,1-2H3,(H,34,35,36). The molecule has 0 aliphatic heterocycles. The zero-order valence-electron chi connectivity index (χ0n) is 21.3. The molecule has 3 aromatic carbocycles. The Morgan fingerprint density at radius 2 is 1.35 bits per heavy atom. The summed E-state index contributed by atoms with van der Waals surface area (Å²) in [5.74, 6) is 1.89. The van der Waals surface area contributed by atoms with Crippen LogP contribution >= 0.6 is 23.2 Å². The molecule has 4 aromatic rings. The van der Waals surface area contributed by atoms with Crippen molar-refractivity contribution in [1.82, 2.24) is 15.3 Å². The average Bonchev–Trinajstić information content (AvgIpc) is 2.91. The number of halogens is 2. The van der Waals surface area contributed by atoms with Crippen LogP contribution in [0.4, 0.5) is 11.8 Å². The summed E-state index contributed by atoms with van der Waals surface area (Å²) >= 11 is 12.3. The lowest BCUT2D eigenvalue weighted by Crippen LogP contribution is -2.39. The lowest BCUT2D eigenvalue weighted by Gasteiger charge is -2.31. The highest BCUT2D eigenvalue weighted by atomic mass is 35.5. The van der Waals surface area contributed by atoms with E-state index in [1.54, 1.807) is 0 Å². The van der Waals surface area contributed by atoms with Gasteiger partial charge in [-0.05, 0) is 73.2 Å². The van der Waals surface area contributed by atoms with E-state index in [2.05, 4.69) is 41.0 Å². The maximum atomic E-state index is 6.16. The molecule has 1 saturated carbocycles. The lowest BCUT2D eigenvalue weighted by molar-refractivity contribution is 0.350. The van der Waals surface area contributed by atoms with E-state index in [9.17, 15) is 0 Å². The van der Waals surface area contributed by atoms with Gasteiger partial charge in [-0.25, -0.2) is 4.98 Å². The van der Waals surface area contributed by atoms with Crippen LogP contribution in [0.5, 0.6) is 0 Å². The molecule has 0 bridgehead atoms. The second kappa shape index (κ2) is 11.7. The number of para-hydroxylation sites is 1. The van der Waals surface area contributed by atoms with Gasteiger partial charge in [-0.2, -0.15) is 4.98 Å². The first-order chi connectivity index (χ1) is 18.0. The van der Waals surface area contributed by atoms with Crippen LogP contribution in [0, 0.1) is 0 Å². The molecule has 1 fully saturated rings. The molecule has 192 valence electrons. The summed E-state index contributed by atoms with van der Waals surface area (Å²) in [6.07, 6.45) is 4.38. The average molecular weight is 535 g/mol. The van der Waals surface area contributed by atoms with Crippen LogP contribution < -0.4 is 15.5 Å². The number of nitrogens with one attached hydrogen (secondary N) is 2. The largest absolute Gasteiger partial charge is 0.362 e. The van der Waals surface area contributed by atoms with Gasteiger partial charge < -0.3 is 15.5 Å². The Bertz CT molecular complexity index is 1270. The van der Waals surface area contributed by atoms with Crippen molar-refractivity contribution < 1.29 is 0 Å². The SMILES string of the molecule is CN(C)c1nc(NC2CCC(NCC(c3ccc(Cl)cc3)c3ccc(Cl)cc3)CC2)nc2ccccc12. The van der Waals surface area contributed by atoms with Crippen LogP contribution in [0.15, 0.2) is 72.8 Å². The van der Waals surface area contributed by atoms with Crippen LogP contribution in [-0.2, 0) is 0 Å². The van der Waals surface area contributed by atoms with Gasteiger partial charge in [-0.1, -0.05) is 59.6 Å². The van der Waals surface area contributed by atoms with Crippen molar-refractivity contribution in [1.29, 1.82) is 0 Å². The minimum absolute atomic E-state index is 0.237. The molecule has 0 unspecified atom stereocenters. The summed E-state index contributed by atoms with van der Waals surface area (Å²) in [6, 6.07) is 25.4. The van der Waals surface area contributed by atoms with E-state index in [0.29, 0.717) is 18.0 Å². The number of hydrogen-bond donors (Lipinski definition) is 2. The van der Waals surface area contributed by atoms with E-state index in [4.69, 9.17) is 33.2 Å². The third-order valence-electron chi connectivity index (χ3n) is 7.22. The van der Waals surface area contributed by atoms with Crippen molar-refractivity contribution in [3.8, 4) is 0 Å². The molecule has 1 aliphatic carbocycles. The van der Waals surface area contributed by atoms with Gasteiger partial charge in [-0.15, -0.1) is 0 Å². The fourth-order valence-corrected chi connectivity index (χ4v) is 5.44. The Morgan fingerprint density at radius 1 is 0.784 bits per heavy atom. The van der Waals surface area contributed by atoms with E-state index in [1.807, 2.05) is 61.5 Å². The smallest absolute Gasteiger partial charge is 0.225 e. The van der Waals surface area contributed by atoms with Crippen LogP contribution in [0.25, 0.3) is 10.9 Å². The number of rotatable bonds is 8. The molecule has 1 aliphatic rings. The Morgan fingerprint density at radius 3 is 1.95 bits per heavy atom. The molecule has 0 saturated heterocycles. The predicted molar refractivity (Wildman–Crippen MR) is 156 cm³/mol. The molecule has 5 nitrogen and oxygen atoms in total. The number of hydrogen-bond acceptors (Lipinski definition) is 5. The molecular weight excluding hydrogens is 501 g/mol. The second-order valence-corrected chi connectivity index (χ2v) is 10.9. The van der Waals surface area contributed by atoms with Gasteiger partial charge in [0.25, 0.3) is 0 Å². The van der Waals surface area contributed by atoms with E-state index in [1.165, 1.54) is 11.1 Å². The summed E-state index contributed by atoms with van der Waals surface area (Å²) in [6.45, 7) is 0.867. The van der Waals surface area contributed by atoms with Crippen LogP contribution in [0.2, 0.25) is 10.0 Å². The van der Waals surface area contributed by atoms with Gasteiger partial charge in [0.1, 0.15) is 5.82 Å². The molecule has 0 spiro atoms. The Hall–Kier alpha value is -2.86. The van der Waals surface area contributed by atoms with Crippen LogP contribution in [0.1, 0.15) is 42.7 Å². The number of anilines is 2. The van der Waals surface area contributed by atoms with Crippen molar-refractivity contribution in [2.75, 3.05) is 30.9 Å². The van der Waals surface area contributed by atoms with E-state index >= 15 is 0 Å². The topological polar surface area (TPSA) is 53.1 Å². The maximum Gasteiger partial charge on any atom is 0.225 e. The number of benzene rings is 3. The van der Waals surface area contributed by atoms with Crippen molar-refractivity contribution in [3.05, 3.63) is 94.0 Å². The van der Waals surface area contributed by atoms with Gasteiger partial charge in [-0.3, -0.25) is 0 Å². The molecule has 0 atom stereocenters. The summed E-state index contributed by atoms with van der Waals surface area (Å²) in [7, 11) is 4.05. The highest BCUT2D eigenvalue weighted by molar-refractivity contribution is 6.30. The predicted octanol–water partition coefficient (Wildman–Crippen LogP) is 7.15. The van der Waals surface area contributed by atoms with E-state index < -0.39 is 0 Å². The molecular formula is C30H33Cl2N5. The summed E-state index contributed by atoms with van der Waals surface area (Å²) in [5, 5.41) is 10.0. The van der Waals surface area contributed by atoms with Gasteiger partial charge in [0.15, 0.2) is 0 Å². The number of aromatic nitrogens is 2. The second-order valence-electron chi connectivity index (χ2n) is 10.0. The lowest BCUT2D eigenvalue weighted by atomic mass is 9.88. The molecule has 37 heavy (non-hydrogen) atoms. The fourth-order valence-electron chi connectivity index (χ4n) is 5.19. The Kier molecular flexibility index (Phi) is 8.14.